The van der Waals surface area contributed by atoms with Crippen molar-refractivity contribution < 1.29 is 9.53 Å². The number of ether oxygens (including phenoxy) is 1. The second-order valence-electron chi connectivity index (χ2n) is 7.38. The van der Waals surface area contributed by atoms with Crippen LogP contribution in [-0.4, -0.2) is 52.5 Å². The normalized spacial score (nSPS) is 16.8. The number of piperidine rings is 1. The molecule has 3 aromatic rings. The number of hydrogen-bond acceptors (Lipinski definition) is 6. The number of benzene rings is 1. The maximum absolute atomic E-state index is 12.7. The van der Waals surface area contributed by atoms with Crippen LogP contribution in [0.15, 0.2) is 36.4 Å². The summed E-state index contributed by atoms with van der Waals surface area (Å²) in [6.45, 7) is 4.08. The minimum absolute atomic E-state index is 0.0286. The molecule has 1 fully saturated rings. The van der Waals surface area contributed by atoms with E-state index >= 15 is 0 Å². The van der Waals surface area contributed by atoms with Crippen molar-refractivity contribution in [1.29, 1.82) is 0 Å². The van der Waals surface area contributed by atoms with E-state index in [1.807, 2.05) is 43.3 Å². The second kappa shape index (κ2) is 8.46. The lowest BCUT2D eigenvalue weighted by Gasteiger charge is -2.32. The van der Waals surface area contributed by atoms with Gasteiger partial charge in [-0.3, -0.25) is 4.79 Å². The molecular formula is C21H26N6O2. The minimum Gasteiger partial charge on any atom is -0.497 e. The highest BCUT2D eigenvalue weighted by Gasteiger charge is 2.26. The molecule has 2 aromatic heterocycles. The Morgan fingerprint density at radius 1 is 1.21 bits per heavy atom. The number of carbonyl (C=O) groups is 1. The Labute approximate surface area is 169 Å². The fourth-order valence-electron chi connectivity index (χ4n) is 3.72. The van der Waals surface area contributed by atoms with Gasteiger partial charge in [-0.2, -0.15) is 4.52 Å². The summed E-state index contributed by atoms with van der Waals surface area (Å²) in [7, 11) is 1.66. The zero-order valence-electron chi connectivity index (χ0n) is 16.8. The molecule has 0 unspecified atom stereocenters. The first-order chi connectivity index (χ1) is 14.1. The Kier molecular flexibility index (Phi) is 5.59. The molecule has 1 aliphatic rings. The number of anilines is 1. The van der Waals surface area contributed by atoms with Gasteiger partial charge in [0.1, 0.15) is 11.6 Å². The van der Waals surface area contributed by atoms with Crippen LogP contribution in [-0.2, 0) is 11.2 Å². The van der Waals surface area contributed by atoms with Crippen molar-refractivity contribution in [2.45, 2.75) is 26.2 Å². The molecule has 3 heterocycles. The number of methoxy groups -OCH3 is 1. The highest BCUT2D eigenvalue weighted by Crippen LogP contribution is 2.22. The lowest BCUT2D eigenvalue weighted by Crippen LogP contribution is -2.44. The molecule has 0 radical (unpaired) electrons. The number of fused-ring (bicyclic) bond motifs is 1. The van der Waals surface area contributed by atoms with E-state index in [0.29, 0.717) is 13.1 Å². The summed E-state index contributed by atoms with van der Waals surface area (Å²) in [5, 5.41) is 15.9. The molecule has 1 N–H and O–H groups in total. The van der Waals surface area contributed by atoms with Gasteiger partial charge in [-0.05, 0) is 56.0 Å². The number of hydrogen-bond donors (Lipinski definition) is 1. The standard InChI is InChI=1S/C21H26N6O2/c1-15-23-24-19-9-10-20(25-27(15)19)26-13-3-4-17(14-26)21(28)22-12-11-16-5-7-18(29-2)8-6-16/h5-10,17H,3-4,11-14H2,1-2H3,(H,22,28)/t17-/m1/s1. The SMILES string of the molecule is COc1ccc(CCNC(=O)[C@@H]2CCCN(c3ccc4nnc(C)n4n3)C2)cc1. The lowest BCUT2D eigenvalue weighted by atomic mass is 9.97. The molecule has 8 nitrogen and oxygen atoms in total. The van der Waals surface area contributed by atoms with Gasteiger partial charge >= 0.3 is 0 Å². The van der Waals surface area contributed by atoms with Gasteiger partial charge in [-0.15, -0.1) is 15.3 Å². The Balaban J connectivity index is 1.33. The van der Waals surface area contributed by atoms with Gasteiger partial charge in [0.2, 0.25) is 5.91 Å². The molecule has 1 saturated heterocycles. The van der Waals surface area contributed by atoms with Crippen LogP contribution in [0.1, 0.15) is 24.2 Å². The van der Waals surface area contributed by atoms with Crippen molar-refractivity contribution in [3.8, 4) is 5.75 Å². The van der Waals surface area contributed by atoms with E-state index in [1.165, 1.54) is 5.56 Å². The van der Waals surface area contributed by atoms with Gasteiger partial charge in [0.25, 0.3) is 0 Å². The van der Waals surface area contributed by atoms with E-state index < -0.39 is 0 Å². The number of nitrogens with one attached hydrogen (secondary N) is 1. The molecule has 8 heteroatoms. The van der Waals surface area contributed by atoms with Crippen LogP contribution in [0.3, 0.4) is 0 Å². The number of carbonyl (C=O) groups excluding carboxylic acids is 1. The van der Waals surface area contributed by atoms with Crippen molar-refractivity contribution in [3.63, 3.8) is 0 Å². The zero-order valence-corrected chi connectivity index (χ0v) is 16.8. The predicted octanol–water partition coefficient (Wildman–Crippen LogP) is 2.02. The van der Waals surface area contributed by atoms with Gasteiger partial charge in [0.05, 0.1) is 13.0 Å². The monoisotopic (exact) mass is 394 g/mol. The van der Waals surface area contributed by atoms with Crippen LogP contribution in [0, 0.1) is 12.8 Å². The third-order valence-electron chi connectivity index (χ3n) is 5.39. The highest BCUT2D eigenvalue weighted by molar-refractivity contribution is 5.79. The fourth-order valence-corrected chi connectivity index (χ4v) is 3.72. The number of aromatic nitrogens is 4. The largest absolute Gasteiger partial charge is 0.497 e. The summed E-state index contributed by atoms with van der Waals surface area (Å²) < 4.78 is 6.92. The zero-order chi connectivity index (χ0) is 20.2. The smallest absolute Gasteiger partial charge is 0.224 e. The Morgan fingerprint density at radius 2 is 2.03 bits per heavy atom. The molecule has 0 aliphatic carbocycles. The second-order valence-corrected chi connectivity index (χ2v) is 7.38. The van der Waals surface area contributed by atoms with Gasteiger partial charge in [0.15, 0.2) is 11.5 Å². The van der Waals surface area contributed by atoms with Gasteiger partial charge in [-0.1, -0.05) is 12.1 Å². The molecule has 152 valence electrons. The van der Waals surface area contributed by atoms with Gasteiger partial charge < -0.3 is 15.0 Å². The van der Waals surface area contributed by atoms with Crippen LogP contribution in [0.2, 0.25) is 0 Å². The molecule has 1 atom stereocenters. The van der Waals surface area contributed by atoms with E-state index in [1.54, 1.807) is 11.6 Å². The van der Waals surface area contributed by atoms with Gasteiger partial charge in [0, 0.05) is 19.6 Å². The van der Waals surface area contributed by atoms with E-state index in [2.05, 4.69) is 25.5 Å². The Bertz CT molecular complexity index is 985. The molecule has 0 spiro atoms. The molecule has 1 amide bonds. The van der Waals surface area contributed by atoms with Gasteiger partial charge in [-0.25, -0.2) is 0 Å². The number of amides is 1. The average Bonchev–Trinajstić information content (AvgIpc) is 3.14. The van der Waals surface area contributed by atoms with Crippen LogP contribution in [0.5, 0.6) is 5.75 Å². The third-order valence-corrected chi connectivity index (χ3v) is 5.39. The maximum Gasteiger partial charge on any atom is 0.224 e. The summed E-state index contributed by atoms with van der Waals surface area (Å²) in [4.78, 5) is 14.9. The summed E-state index contributed by atoms with van der Waals surface area (Å²) in [5.74, 6) is 2.54. The average molecular weight is 394 g/mol. The Morgan fingerprint density at radius 3 is 2.83 bits per heavy atom. The molecule has 0 saturated carbocycles. The van der Waals surface area contributed by atoms with Crippen molar-refractivity contribution in [2.24, 2.45) is 5.92 Å². The number of nitrogens with zero attached hydrogens (tertiary/aromatic N) is 5. The first-order valence-electron chi connectivity index (χ1n) is 9.98. The van der Waals surface area contributed by atoms with Crippen molar-refractivity contribution in [1.82, 2.24) is 25.1 Å². The van der Waals surface area contributed by atoms with E-state index in [9.17, 15) is 4.79 Å². The van der Waals surface area contributed by atoms with E-state index in [0.717, 1.165) is 48.8 Å². The topological polar surface area (TPSA) is 84.6 Å². The van der Waals surface area contributed by atoms with Crippen LogP contribution in [0.4, 0.5) is 5.82 Å². The molecule has 1 aliphatic heterocycles. The first-order valence-corrected chi connectivity index (χ1v) is 9.98. The summed E-state index contributed by atoms with van der Waals surface area (Å²) in [6.07, 6.45) is 2.67. The van der Waals surface area contributed by atoms with E-state index in [4.69, 9.17) is 4.74 Å². The minimum atomic E-state index is -0.0286. The van der Waals surface area contributed by atoms with Crippen molar-refractivity contribution in [2.75, 3.05) is 31.6 Å². The van der Waals surface area contributed by atoms with Crippen LogP contribution >= 0.6 is 0 Å². The quantitative estimate of drug-likeness (QED) is 0.689. The maximum atomic E-state index is 12.7. The molecule has 29 heavy (non-hydrogen) atoms. The van der Waals surface area contributed by atoms with Crippen molar-refractivity contribution >= 4 is 17.4 Å². The first kappa shape index (κ1) is 19.2. The molecule has 0 bridgehead atoms. The number of aryl methyl sites for hydroxylation is 1. The summed E-state index contributed by atoms with van der Waals surface area (Å²) in [5.41, 5.74) is 1.91. The summed E-state index contributed by atoms with van der Waals surface area (Å²) in [6, 6.07) is 11.8. The highest BCUT2D eigenvalue weighted by atomic mass is 16.5. The predicted molar refractivity (Wildman–Crippen MR) is 110 cm³/mol. The Hall–Kier alpha value is -3.16. The number of rotatable bonds is 6. The van der Waals surface area contributed by atoms with E-state index in [-0.39, 0.29) is 11.8 Å². The molecule has 4 rings (SSSR count). The lowest BCUT2D eigenvalue weighted by molar-refractivity contribution is -0.125. The van der Waals surface area contributed by atoms with Crippen LogP contribution < -0.4 is 15.0 Å². The summed E-state index contributed by atoms with van der Waals surface area (Å²) >= 11 is 0. The fraction of sp³-hybridized carbons (Fsp3) is 0.429. The molecular weight excluding hydrogens is 368 g/mol. The third kappa shape index (κ3) is 4.31. The van der Waals surface area contributed by atoms with Crippen LogP contribution in [0.25, 0.3) is 5.65 Å². The molecule has 1 aromatic carbocycles. The van der Waals surface area contributed by atoms with Crippen molar-refractivity contribution in [3.05, 3.63) is 47.8 Å².